The largest absolute Gasteiger partial charge is 0.493 e. The van der Waals surface area contributed by atoms with E-state index in [4.69, 9.17) is 9.47 Å². The lowest BCUT2D eigenvalue weighted by atomic mass is 10.2. The van der Waals surface area contributed by atoms with Gasteiger partial charge in [-0.25, -0.2) is 4.79 Å². The van der Waals surface area contributed by atoms with Gasteiger partial charge in [-0.05, 0) is 39.3 Å². The van der Waals surface area contributed by atoms with Gasteiger partial charge in [0.1, 0.15) is 11.4 Å². The monoisotopic (exact) mass is 263 g/mol. The van der Waals surface area contributed by atoms with Crippen LogP contribution in [0.3, 0.4) is 0 Å². The van der Waals surface area contributed by atoms with Crippen LogP contribution in [0.15, 0.2) is 36.9 Å². The minimum atomic E-state index is -0.512. The summed E-state index contributed by atoms with van der Waals surface area (Å²) in [5.74, 6) is 0.704. The Labute approximate surface area is 114 Å². The van der Waals surface area contributed by atoms with Crippen LogP contribution in [0.2, 0.25) is 0 Å². The molecule has 0 fully saturated rings. The number of amides is 1. The standard InChI is InChI=1S/C15H21NO3/c1-5-6-10-18-13-9-7-8-12(11-13)16-14(17)19-15(2,3)4/h5,7-9,11H,1,6,10H2,2-4H3,(H,16,17). The van der Waals surface area contributed by atoms with Gasteiger partial charge >= 0.3 is 6.09 Å². The molecular weight excluding hydrogens is 242 g/mol. The second kappa shape index (κ2) is 6.83. The normalized spacial score (nSPS) is 10.7. The van der Waals surface area contributed by atoms with Crippen LogP contribution < -0.4 is 10.1 Å². The zero-order valence-corrected chi connectivity index (χ0v) is 11.7. The van der Waals surface area contributed by atoms with Crippen molar-refractivity contribution in [3.8, 4) is 5.75 Å². The van der Waals surface area contributed by atoms with E-state index in [0.717, 1.165) is 6.42 Å². The Balaban J connectivity index is 2.56. The van der Waals surface area contributed by atoms with Crippen molar-refractivity contribution in [2.45, 2.75) is 32.8 Å². The van der Waals surface area contributed by atoms with Gasteiger partial charge in [0.05, 0.1) is 6.61 Å². The van der Waals surface area contributed by atoms with Crippen LogP contribution in [0.25, 0.3) is 0 Å². The van der Waals surface area contributed by atoms with Crippen LogP contribution in [-0.4, -0.2) is 18.3 Å². The molecule has 1 amide bonds. The summed E-state index contributed by atoms with van der Waals surface area (Å²) in [4.78, 5) is 11.6. The Kier molecular flexibility index (Phi) is 5.42. The lowest BCUT2D eigenvalue weighted by Gasteiger charge is -2.19. The third kappa shape index (κ3) is 6.50. The van der Waals surface area contributed by atoms with Gasteiger partial charge in [0.25, 0.3) is 0 Å². The van der Waals surface area contributed by atoms with Crippen molar-refractivity contribution in [2.75, 3.05) is 11.9 Å². The number of anilines is 1. The van der Waals surface area contributed by atoms with E-state index in [-0.39, 0.29) is 0 Å². The smallest absolute Gasteiger partial charge is 0.412 e. The molecule has 0 unspecified atom stereocenters. The number of hydrogen-bond acceptors (Lipinski definition) is 3. The summed E-state index contributed by atoms with van der Waals surface area (Å²) >= 11 is 0. The van der Waals surface area contributed by atoms with Gasteiger partial charge in [0, 0.05) is 11.8 Å². The van der Waals surface area contributed by atoms with Crippen molar-refractivity contribution in [3.63, 3.8) is 0 Å². The predicted molar refractivity (Wildman–Crippen MR) is 76.6 cm³/mol. The Morgan fingerprint density at radius 2 is 2.16 bits per heavy atom. The van der Waals surface area contributed by atoms with Gasteiger partial charge < -0.3 is 9.47 Å². The molecule has 0 bridgehead atoms. The van der Waals surface area contributed by atoms with Gasteiger partial charge in [-0.15, -0.1) is 6.58 Å². The van der Waals surface area contributed by atoms with Crippen LogP contribution in [-0.2, 0) is 4.74 Å². The number of carbonyl (C=O) groups is 1. The maximum atomic E-state index is 11.6. The Morgan fingerprint density at radius 1 is 1.42 bits per heavy atom. The first-order valence-corrected chi connectivity index (χ1v) is 6.24. The highest BCUT2D eigenvalue weighted by molar-refractivity contribution is 5.85. The zero-order valence-electron chi connectivity index (χ0n) is 11.7. The lowest BCUT2D eigenvalue weighted by molar-refractivity contribution is 0.0636. The highest BCUT2D eigenvalue weighted by atomic mass is 16.6. The second-order valence-corrected chi connectivity index (χ2v) is 5.08. The highest BCUT2D eigenvalue weighted by Gasteiger charge is 2.16. The molecule has 0 heterocycles. The maximum absolute atomic E-state index is 11.6. The second-order valence-electron chi connectivity index (χ2n) is 5.08. The Morgan fingerprint density at radius 3 is 2.79 bits per heavy atom. The SMILES string of the molecule is C=CCCOc1cccc(NC(=O)OC(C)(C)C)c1. The predicted octanol–water partition coefficient (Wildman–Crippen LogP) is 3.99. The quantitative estimate of drug-likeness (QED) is 0.645. The van der Waals surface area contributed by atoms with Crippen LogP contribution in [0.5, 0.6) is 5.75 Å². The number of hydrogen-bond donors (Lipinski definition) is 1. The molecule has 0 spiro atoms. The van der Waals surface area contributed by atoms with E-state index in [2.05, 4.69) is 11.9 Å². The van der Waals surface area contributed by atoms with E-state index in [1.807, 2.05) is 32.9 Å². The molecule has 0 aliphatic rings. The molecule has 1 aromatic carbocycles. The summed E-state index contributed by atoms with van der Waals surface area (Å²) in [5.41, 5.74) is 0.132. The molecule has 1 aromatic rings. The fraction of sp³-hybridized carbons (Fsp3) is 0.400. The fourth-order valence-electron chi connectivity index (χ4n) is 1.35. The van der Waals surface area contributed by atoms with Gasteiger partial charge in [0.15, 0.2) is 0 Å². The third-order valence-corrected chi connectivity index (χ3v) is 2.07. The summed E-state index contributed by atoms with van der Waals surface area (Å²) in [6, 6.07) is 7.19. The number of carbonyl (C=O) groups excluding carboxylic acids is 1. The maximum Gasteiger partial charge on any atom is 0.412 e. The topological polar surface area (TPSA) is 47.6 Å². The van der Waals surface area contributed by atoms with Crippen molar-refractivity contribution < 1.29 is 14.3 Å². The number of nitrogens with one attached hydrogen (secondary N) is 1. The van der Waals surface area contributed by atoms with E-state index in [0.29, 0.717) is 18.0 Å². The molecule has 0 radical (unpaired) electrons. The molecule has 0 saturated carbocycles. The van der Waals surface area contributed by atoms with Crippen LogP contribution in [0, 0.1) is 0 Å². The van der Waals surface area contributed by atoms with Crippen molar-refractivity contribution in [3.05, 3.63) is 36.9 Å². The summed E-state index contributed by atoms with van der Waals surface area (Å²) in [7, 11) is 0. The number of benzene rings is 1. The molecule has 0 aromatic heterocycles. The number of ether oxygens (including phenoxy) is 2. The van der Waals surface area contributed by atoms with E-state index in [1.54, 1.807) is 18.2 Å². The minimum Gasteiger partial charge on any atom is -0.493 e. The Bertz CT molecular complexity index is 435. The first-order chi connectivity index (χ1) is 8.90. The van der Waals surface area contributed by atoms with Crippen LogP contribution in [0.4, 0.5) is 10.5 Å². The molecule has 19 heavy (non-hydrogen) atoms. The van der Waals surface area contributed by atoms with Gasteiger partial charge in [0.2, 0.25) is 0 Å². The molecule has 4 heteroatoms. The number of rotatable bonds is 5. The molecule has 1 N–H and O–H groups in total. The molecule has 4 nitrogen and oxygen atoms in total. The van der Waals surface area contributed by atoms with Crippen molar-refractivity contribution in [2.24, 2.45) is 0 Å². The van der Waals surface area contributed by atoms with Gasteiger partial charge in [-0.1, -0.05) is 12.1 Å². The molecule has 104 valence electrons. The van der Waals surface area contributed by atoms with Crippen molar-refractivity contribution in [1.29, 1.82) is 0 Å². The minimum absolute atomic E-state index is 0.476. The zero-order chi connectivity index (χ0) is 14.3. The molecular formula is C15H21NO3. The van der Waals surface area contributed by atoms with Gasteiger partial charge in [-0.3, -0.25) is 5.32 Å². The summed E-state index contributed by atoms with van der Waals surface area (Å²) in [5, 5.41) is 2.67. The fourth-order valence-corrected chi connectivity index (χ4v) is 1.35. The summed E-state index contributed by atoms with van der Waals surface area (Å²) in [6.07, 6.45) is 2.10. The lowest BCUT2D eigenvalue weighted by Crippen LogP contribution is -2.27. The molecule has 0 aliphatic carbocycles. The van der Waals surface area contributed by atoms with E-state index in [9.17, 15) is 4.79 Å². The summed E-state index contributed by atoms with van der Waals surface area (Å²) < 4.78 is 10.7. The highest BCUT2D eigenvalue weighted by Crippen LogP contribution is 2.18. The van der Waals surface area contributed by atoms with Crippen molar-refractivity contribution >= 4 is 11.8 Å². The Hall–Kier alpha value is -1.97. The first kappa shape index (κ1) is 15.1. The first-order valence-electron chi connectivity index (χ1n) is 6.24. The average Bonchev–Trinajstić information content (AvgIpc) is 2.27. The molecule has 0 saturated heterocycles. The average molecular weight is 263 g/mol. The van der Waals surface area contributed by atoms with Crippen molar-refractivity contribution in [1.82, 2.24) is 0 Å². The van der Waals surface area contributed by atoms with Crippen LogP contribution >= 0.6 is 0 Å². The van der Waals surface area contributed by atoms with E-state index >= 15 is 0 Å². The molecule has 1 rings (SSSR count). The van der Waals surface area contributed by atoms with E-state index < -0.39 is 11.7 Å². The van der Waals surface area contributed by atoms with Crippen LogP contribution in [0.1, 0.15) is 27.2 Å². The molecule has 0 atom stereocenters. The van der Waals surface area contributed by atoms with Gasteiger partial charge in [-0.2, -0.15) is 0 Å². The van der Waals surface area contributed by atoms with E-state index in [1.165, 1.54) is 0 Å². The third-order valence-electron chi connectivity index (χ3n) is 2.07. The molecule has 0 aliphatic heterocycles. The summed E-state index contributed by atoms with van der Waals surface area (Å²) in [6.45, 7) is 9.66.